The number of nitrogens with two attached hydrogens (primary N) is 1. The number of H-pyrrole nitrogens is 1. The summed E-state index contributed by atoms with van der Waals surface area (Å²) in [7, 11) is 0. The van der Waals surface area contributed by atoms with Gasteiger partial charge < -0.3 is 5.73 Å². The van der Waals surface area contributed by atoms with Crippen molar-refractivity contribution in [2.75, 3.05) is 0 Å². The van der Waals surface area contributed by atoms with Gasteiger partial charge in [0.25, 0.3) is 0 Å². The lowest BCUT2D eigenvalue weighted by atomic mass is 10.1. The molecule has 2 heterocycles. The maximum Gasteiger partial charge on any atom is 0.239 e. The second-order valence-electron chi connectivity index (χ2n) is 4.50. The molecule has 1 atom stereocenters. The zero-order chi connectivity index (χ0) is 12.5. The molecule has 1 amide bonds. The van der Waals surface area contributed by atoms with Gasteiger partial charge in [-0.15, -0.1) is 0 Å². The fourth-order valence-electron chi connectivity index (χ4n) is 2.47. The van der Waals surface area contributed by atoms with Crippen molar-refractivity contribution in [2.24, 2.45) is 5.73 Å². The maximum absolute atomic E-state index is 11.6. The highest BCUT2D eigenvalue weighted by atomic mass is 16.1. The van der Waals surface area contributed by atoms with Crippen molar-refractivity contribution in [3.8, 4) is 0 Å². The number of fused-ring (bicyclic) bond motifs is 1. The van der Waals surface area contributed by atoms with E-state index in [1.165, 1.54) is 5.56 Å². The Hall–Kier alpha value is -2.14. The lowest BCUT2D eigenvalue weighted by molar-refractivity contribution is -0.123. The molecule has 3 N–H and O–H groups in total. The third kappa shape index (κ3) is 1.78. The van der Waals surface area contributed by atoms with E-state index in [1.807, 2.05) is 30.3 Å². The van der Waals surface area contributed by atoms with Gasteiger partial charge in [-0.3, -0.25) is 14.8 Å². The molecule has 0 spiro atoms. The number of amides is 1. The minimum atomic E-state index is -0.376. The van der Waals surface area contributed by atoms with Gasteiger partial charge in [0.2, 0.25) is 5.91 Å². The summed E-state index contributed by atoms with van der Waals surface area (Å²) in [5, 5.41) is 6.88. The van der Waals surface area contributed by atoms with Gasteiger partial charge in [-0.1, -0.05) is 30.3 Å². The van der Waals surface area contributed by atoms with Crippen molar-refractivity contribution in [1.29, 1.82) is 0 Å². The normalized spacial score (nSPS) is 18.8. The first-order chi connectivity index (χ1) is 8.75. The first-order valence-electron chi connectivity index (χ1n) is 5.85. The van der Waals surface area contributed by atoms with Gasteiger partial charge in [-0.05, 0) is 5.56 Å². The summed E-state index contributed by atoms with van der Waals surface area (Å²) in [4.78, 5) is 13.7. The number of aromatic nitrogens is 2. The van der Waals surface area contributed by atoms with Crippen molar-refractivity contribution in [2.45, 2.75) is 19.1 Å². The quantitative estimate of drug-likeness (QED) is 0.841. The molecule has 0 bridgehead atoms. The molecule has 0 saturated heterocycles. The Morgan fingerprint density at radius 1 is 1.44 bits per heavy atom. The highest BCUT2D eigenvalue weighted by molar-refractivity contribution is 5.82. The molecular weight excluding hydrogens is 228 g/mol. The zero-order valence-corrected chi connectivity index (χ0v) is 9.84. The number of carbonyl (C=O) groups excluding carboxylic acids is 1. The zero-order valence-electron chi connectivity index (χ0n) is 9.84. The van der Waals surface area contributed by atoms with Crippen LogP contribution in [0.1, 0.15) is 22.9 Å². The van der Waals surface area contributed by atoms with Crippen LogP contribution in [-0.4, -0.2) is 21.0 Å². The molecule has 1 unspecified atom stereocenters. The molecule has 1 aromatic heterocycles. The summed E-state index contributed by atoms with van der Waals surface area (Å²) in [6.45, 7) is 1.38. The van der Waals surface area contributed by atoms with Crippen LogP contribution < -0.4 is 5.73 Å². The summed E-state index contributed by atoms with van der Waals surface area (Å²) in [6, 6.07) is 9.67. The Morgan fingerprint density at radius 3 is 2.94 bits per heavy atom. The summed E-state index contributed by atoms with van der Waals surface area (Å²) >= 11 is 0. The first kappa shape index (κ1) is 11.0. The molecule has 18 heavy (non-hydrogen) atoms. The molecule has 1 aromatic carbocycles. The molecule has 1 aliphatic rings. The minimum absolute atomic E-state index is 0.328. The fraction of sp³-hybridized carbons (Fsp3) is 0.231. The van der Waals surface area contributed by atoms with E-state index in [1.54, 1.807) is 6.20 Å². The lowest BCUT2D eigenvalue weighted by Gasteiger charge is -2.22. The van der Waals surface area contributed by atoms with E-state index in [0.717, 1.165) is 11.3 Å². The average Bonchev–Trinajstić information content (AvgIpc) is 2.89. The Bertz CT molecular complexity index is 563. The predicted molar refractivity (Wildman–Crippen MR) is 66.2 cm³/mol. The lowest BCUT2D eigenvalue weighted by Crippen LogP contribution is -2.32. The standard InChI is InChI=1S/C13H14N4O/c14-13(18)12-10-6-15-16-11(10)8-17(12)7-9-4-2-1-3-5-9/h1-6,12H,7-8H2,(H2,14,18)(H,15,16). The van der Waals surface area contributed by atoms with Crippen molar-refractivity contribution >= 4 is 5.91 Å². The molecule has 1 aliphatic heterocycles. The summed E-state index contributed by atoms with van der Waals surface area (Å²) < 4.78 is 0. The van der Waals surface area contributed by atoms with Gasteiger partial charge in [0.15, 0.2) is 0 Å². The molecule has 5 heteroatoms. The van der Waals surface area contributed by atoms with Crippen molar-refractivity contribution in [3.05, 3.63) is 53.3 Å². The molecule has 0 fully saturated rings. The number of nitrogens with zero attached hydrogens (tertiary/aromatic N) is 2. The second kappa shape index (κ2) is 4.27. The first-order valence-corrected chi connectivity index (χ1v) is 5.85. The Labute approximate surface area is 105 Å². The van der Waals surface area contributed by atoms with Crippen LogP contribution >= 0.6 is 0 Å². The summed E-state index contributed by atoms with van der Waals surface area (Å²) in [5.74, 6) is -0.328. The van der Waals surface area contributed by atoms with Crippen LogP contribution in [0.15, 0.2) is 36.5 Å². The molecule has 0 saturated carbocycles. The number of hydrogen-bond acceptors (Lipinski definition) is 3. The maximum atomic E-state index is 11.6. The number of hydrogen-bond donors (Lipinski definition) is 2. The van der Waals surface area contributed by atoms with Crippen molar-refractivity contribution < 1.29 is 4.79 Å². The SMILES string of the molecule is NC(=O)C1c2cn[nH]c2CN1Cc1ccccc1. The monoisotopic (exact) mass is 242 g/mol. The number of carbonyl (C=O) groups is 1. The Kier molecular flexibility index (Phi) is 2.60. The smallest absolute Gasteiger partial charge is 0.239 e. The predicted octanol–water partition coefficient (Wildman–Crippen LogP) is 0.952. The van der Waals surface area contributed by atoms with E-state index in [9.17, 15) is 4.79 Å². The molecule has 5 nitrogen and oxygen atoms in total. The number of primary amides is 1. The molecule has 0 aliphatic carbocycles. The highest BCUT2D eigenvalue weighted by Crippen LogP contribution is 2.33. The van der Waals surface area contributed by atoms with Crippen LogP contribution in [0.5, 0.6) is 0 Å². The molecule has 0 radical (unpaired) electrons. The number of aromatic amines is 1. The molecule has 3 rings (SSSR count). The van der Waals surface area contributed by atoms with Crippen molar-refractivity contribution in [1.82, 2.24) is 15.1 Å². The molecule has 2 aromatic rings. The van der Waals surface area contributed by atoms with Gasteiger partial charge in [-0.2, -0.15) is 5.10 Å². The van der Waals surface area contributed by atoms with Crippen molar-refractivity contribution in [3.63, 3.8) is 0 Å². The van der Waals surface area contributed by atoms with E-state index in [0.29, 0.717) is 13.1 Å². The van der Waals surface area contributed by atoms with Crippen LogP contribution in [-0.2, 0) is 17.9 Å². The number of nitrogens with one attached hydrogen (secondary N) is 1. The topological polar surface area (TPSA) is 75.0 Å². The van der Waals surface area contributed by atoms with Crippen LogP contribution in [0.4, 0.5) is 0 Å². The van der Waals surface area contributed by atoms with Crippen LogP contribution in [0.25, 0.3) is 0 Å². The van der Waals surface area contributed by atoms with Crippen LogP contribution in [0.2, 0.25) is 0 Å². The Morgan fingerprint density at radius 2 is 2.22 bits per heavy atom. The van der Waals surface area contributed by atoms with E-state index < -0.39 is 0 Å². The summed E-state index contributed by atoms with van der Waals surface area (Å²) in [6.07, 6.45) is 1.69. The third-order valence-electron chi connectivity index (χ3n) is 3.27. The van der Waals surface area contributed by atoms with E-state index in [4.69, 9.17) is 5.73 Å². The van der Waals surface area contributed by atoms with E-state index in [-0.39, 0.29) is 11.9 Å². The van der Waals surface area contributed by atoms with Gasteiger partial charge >= 0.3 is 0 Å². The molecule has 92 valence electrons. The van der Waals surface area contributed by atoms with Crippen LogP contribution in [0.3, 0.4) is 0 Å². The molecular formula is C13H14N4O. The van der Waals surface area contributed by atoms with Gasteiger partial charge in [0.05, 0.1) is 11.9 Å². The van der Waals surface area contributed by atoms with Gasteiger partial charge in [0.1, 0.15) is 6.04 Å². The minimum Gasteiger partial charge on any atom is -0.368 e. The van der Waals surface area contributed by atoms with Gasteiger partial charge in [0, 0.05) is 18.7 Å². The summed E-state index contributed by atoms with van der Waals surface area (Å²) in [5.41, 5.74) is 8.54. The third-order valence-corrected chi connectivity index (χ3v) is 3.27. The van der Waals surface area contributed by atoms with E-state index in [2.05, 4.69) is 15.1 Å². The van der Waals surface area contributed by atoms with E-state index >= 15 is 0 Å². The Balaban J connectivity index is 1.86. The highest BCUT2D eigenvalue weighted by Gasteiger charge is 2.35. The van der Waals surface area contributed by atoms with Gasteiger partial charge in [-0.25, -0.2) is 0 Å². The average molecular weight is 242 g/mol. The number of benzene rings is 1. The second-order valence-corrected chi connectivity index (χ2v) is 4.50. The fourth-order valence-corrected chi connectivity index (χ4v) is 2.47. The number of rotatable bonds is 3. The van der Waals surface area contributed by atoms with Crippen LogP contribution in [0, 0.1) is 0 Å². The largest absolute Gasteiger partial charge is 0.368 e.